The maximum atomic E-state index is 5.08. The second-order valence-corrected chi connectivity index (χ2v) is 16.8. The van der Waals surface area contributed by atoms with Gasteiger partial charge in [0.1, 0.15) is 0 Å². The summed E-state index contributed by atoms with van der Waals surface area (Å²) in [6.07, 6.45) is 0. The van der Waals surface area contributed by atoms with Crippen LogP contribution in [0.2, 0.25) is 0 Å². The Kier molecular flexibility index (Phi) is 9.51. The molecule has 0 aromatic heterocycles. The van der Waals surface area contributed by atoms with Crippen molar-refractivity contribution in [2.45, 2.75) is 19.3 Å². The van der Waals surface area contributed by atoms with E-state index in [1.54, 1.807) is 0 Å². The van der Waals surface area contributed by atoms with Crippen LogP contribution in [0.3, 0.4) is 0 Å². The topological polar surface area (TPSA) is 27.6 Å². The van der Waals surface area contributed by atoms with E-state index in [0.717, 1.165) is 50.5 Å². The smallest absolute Gasteiger partial charge is 0.0977 e. The highest BCUT2D eigenvalue weighted by Crippen LogP contribution is 2.51. The first kappa shape index (κ1) is 38.0. The maximum Gasteiger partial charge on any atom is 0.0977 e. The van der Waals surface area contributed by atoms with E-state index in [2.05, 4.69) is 243 Å². The average molecular weight is 808 g/mol. The van der Waals surface area contributed by atoms with Gasteiger partial charge in [-0.05, 0) is 115 Å². The molecule has 0 atom stereocenters. The monoisotopic (exact) mass is 807 g/mol. The van der Waals surface area contributed by atoms with E-state index in [4.69, 9.17) is 5.10 Å². The predicted molar refractivity (Wildman–Crippen MR) is 267 cm³/mol. The zero-order valence-electron chi connectivity index (χ0n) is 35.3. The van der Waals surface area contributed by atoms with Crippen LogP contribution in [-0.2, 0) is 5.41 Å². The zero-order chi connectivity index (χ0) is 42.3. The molecule has 0 fully saturated rings. The van der Waals surface area contributed by atoms with E-state index in [1.807, 2.05) is 12.1 Å². The van der Waals surface area contributed by atoms with Gasteiger partial charge in [-0.2, -0.15) is 5.10 Å². The van der Waals surface area contributed by atoms with Crippen LogP contribution in [-0.4, -0.2) is 5.71 Å². The zero-order valence-corrected chi connectivity index (χ0v) is 35.3. The molecule has 3 heteroatoms. The number of benzene rings is 10. The van der Waals surface area contributed by atoms with Crippen molar-refractivity contribution >= 4 is 50.0 Å². The third-order valence-corrected chi connectivity index (χ3v) is 12.7. The van der Waals surface area contributed by atoms with Gasteiger partial charge in [-0.15, -0.1) is 0 Å². The lowest BCUT2D eigenvalue weighted by Crippen LogP contribution is -2.16. The van der Waals surface area contributed by atoms with Crippen molar-refractivity contribution < 1.29 is 0 Å². The van der Waals surface area contributed by atoms with E-state index in [9.17, 15) is 0 Å². The Morgan fingerprint density at radius 1 is 0.397 bits per heavy atom. The van der Waals surface area contributed by atoms with Crippen LogP contribution in [0.25, 0.3) is 54.9 Å². The van der Waals surface area contributed by atoms with Crippen molar-refractivity contribution in [3.8, 4) is 33.4 Å². The van der Waals surface area contributed by atoms with Crippen LogP contribution < -0.4 is 10.3 Å². The Hall–Kier alpha value is -8.01. The van der Waals surface area contributed by atoms with Crippen molar-refractivity contribution in [2.24, 2.45) is 5.10 Å². The molecule has 0 saturated heterocycles. The normalized spacial score (nSPS) is 12.4. The first-order valence-electron chi connectivity index (χ1n) is 21.7. The number of hydrogen-bond acceptors (Lipinski definition) is 3. The van der Waals surface area contributed by atoms with Crippen molar-refractivity contribution in [1.82, 2.24) is 0 Å². The lowest BCUT2D eigenvalue weighted by molar-refractivity contribution is 0.660. The molecule has 63 heavy (non-hydrogen) atoms. The molecule has 0 heterocycles. The summed E-state index contributed by atoms with van der Waals surface area (Å²) >= 11 is 0. The van der Waals surface area contributed by atoms with Crippen LogP contribution in [0.15, 0.2) is 236 Å². The maximum absolute atomic E-state index is 5.08. The van der Waals surface area contributed by atoms with Gasteiger partial charge in [0.15, 0.2) is 0 Å². The second-order valence-electron chi connectivity index (χ2n) is 16.8. The summed E-state index contributed by atoms with van der Waals surface area (Å²) < 4.78 is 0. The van der Waals surface area contributed by atoms with Gasteiger partial charge in [0.25, 0.3) is 0 Å². The fourth-order valence-corrected chi connectivity index (χ4v) is 9.72. The van der Waals surface area contributed by atoms with E-state index in [0.29, 0.717) is 0 Å². The fourth-order valence-electron chi connectivity index (χ4n) is 9.72. The average Bonchev–Trinajstić information content (AvgIpc) is 3.57. The first-order chi connectivity index (χ1) is 31.0. The molecule has 0 unspecified atom stereocenters. The van der Waals surface area contributed by atoms with Gasteiger partial charge in [0, 0.05) is 33.6 Å². The number of hydrazone groups is 1. The number of fused-ring (bicyclic) bond motifs is 5. The van der Waals surface area contributed by atoms with E-state index < -0.39 is 0 Å². The molecular formula is C60H45N3. The largest absolute Gasteiger partial charge is 0.310 e. The molecule has 0 saturated carbocycles. The molecule has 300 valence electrons. The van der Waals surface area contributed by atoms with E-state index in [1.165, 1.54) is 55.1 Å². The van der Waals surface area contributed by atoms with Crippen molar-refractivity contribution in [3.05, 3.63) is 253 Å². The summed E-state index contributed by atoms with van der Waals surface area (Å²) in [6.45, 7) is 4.71. The van der Waals surface area contributed by atoms with Crippen LogP contribution in [0.4, 0.5) is 22.7 Å². The van der Waals surface area contributed by atoms with Crippen LogP contribution in [0, 0.1) is 0 Å². The molecule has 0 bridgehead atoms. The number of para-hydroxylation sites is 1. The SMILES string of the molecule is CC1(C)c2ccccc2-c2ccc(N(c3ccccc3)c3ccc4c(-c5ccccc5)c5cc(NN=C(c6ccccc6)c6ccccc6)ccc5c(-c5ccccc5)c4c3)cc21. The Bertz CT molecular complexity index is 3260. The standard InChI is InChI=1S/C60H45N3/c1-60(2)55-31-19-18-30-49(55)50-36-33-48(40-56(50)60)63(46-28-16-7-17-29-46)47-34-37-52-54(39-47)58(42-22-10-4-11-23-42)51-35-32-45(38-53(51)57(52)41-20-8-3-9-21-41)61-62-59(43-24-12-5-13-25-43)44-26-14-6-15-27-44/h3-40,61H,1-2H3. The molecule has 1 aliphatic rings. The summed E-state index contributed by atoms with van der Waals surface area (Å²) in [7, 11) is 0. The number of rotatable bonds is 9. The van der Waals surface area contributed by atoms with Crippen molar-refractivity contribution in [1.29, 1.82) is 0 Å². The number of nitrogens with one attached hydrogen (secondary N) is 1. The predicted octanol–water partition coefficient (Wildman–Crippen LogP) is 16.0. The molecule has 0 aliphatic heterocycles. The van der Waals surface area contributed by atoms with Gasteiger partial charge < -0.3 is 4.90 Å². The number of nitrogens with zero attached hydrogens (tertiary/aromatic N) is 2. The van der Waals surface area contributed by atoms with Gasteiger partial charge in [-0.3, -0.25) is 5.43 Å². The molecule has 10 aromatic rings. The van der Waals surface area contributed by atoms with Gasteiger partial charge in [-0.25, -0.2) is 0 Å². The molecule has 10 aromatic carbocycles. The molecular weight excluding hydrogens is 763 g/mol. The van der Waals surface area contributed by atoms with E-state index >= 15 is 0 Å². The molecule has 0 spiro atoms. The molecule has 1 N–H and O–H groups in total. The van der Waals surface area contributed by atoms with Crippen LogP contribution >= 0.6 is 0 Å². The Morgan fingerprint density at radius 3 is 1.49 bits per heavy atom. The Morgan fingerprint density at radius 2 is 0.873 bits per heavy atom. The Labute approximate surface area is 369 Å². The highest BCUT2D eigenvalue weighted by Gasteiger charge is 2.35. The van der Waals surface area contributed by atoms with Gasteiger partial charge >= 0.3 is 0 Å². The van der Waals surface area contributed by atoms with E-state index in [-0.39, 0.29) is 5.41 Å². The fraction of sp³-hybridized carbons (Fsp3) is 0.0500. The minimum Gasteiger partial charge on any atom is -0.310 e. The van der Waals surface area contributed by atoms with Crippen molar-refractivity contribution in [3.63, 3.8) is 0 Å². The summed E-state index contributed by atoms with van der Waals surface area (Å²) in [6, 6.07) is 82.8. The number of hydrogen-bond donors (Lipinski definition) is 1. The van der Waals surface area contributed by atoms with Crippen LogP contribution in [0.5, 0.6) is 0 Å². The third-order valence-electron chi connectivity index (χ3n) is 12.7. The summed E-state index contributed by atoms with van der Waals surface area (Å²) in [5.41, 5.74) is 20.7. The Balaban J connectivity index is 1.13. The van der Waals surface area contributed by atoms with Gasteiger partial charge in [0.2, 0.25) is 0 Å². The number of anilines is 4. The highest BCUT2D eigenvalue weighted by atomic mass is 15.3. The minimum absolute atomic E-state index is 0.124. The summed E-state index contributed by atoms with van der Waals surface area (Å²) in [5.74, 6) is 0. The lowest BCUT2D eigenvalue weighted by atomic mass is 9.82. The lowest BCUT2D eigenvalue weighted by Gasteiger charge is -2.29. The molecule has 3 nitrogen and oxygen atoms in total. The molecule has 1 aliphatic carbocycles. The highest BCUT2D eigenvalue weighted by molar-refractivity contribution is 6.22. The molecule has 0 radical (unpaired) electrons. The minimum atomic E-state index is -0.124. The quantitative estimate of drug-likeness (QED) is 0.0894. The van der Waals surface area contributed by atoms with Crippen LogP contribution in [0.1, 0.15) is 36.1 Å². The second kappa shape index (κ2) is 15.8. The summed E-state index contributed by atoms with van der Waals surface area (Å²) in [4.78, 5) is 2.42. The third kappa shape index (κ3) is 6.75. The molecule has 11 rings (SSSR count). The summed E-state index contributed by atoms with van der Waals surface area (Å²) in [5, 5.41) is 9.78. The van der Waals surface area contributed by atoms with Gasteiger partial charge in [0.05, 0.1) is 11.4 Å². The molecule has 0 amide bonds. The first-order valence-corrected chi connectivity index (χ1v) is 21.7. The van der Waals surface area contributed by atoms with Gasteiger partial charge in [-0.1, -0.05) is 196 Å². The van der Waals surface area contributed by atoms with Crippen molar-refractivity contribution in [2.75, 3.05) is 10.3 Å².